The molecule has 0 aromatic carbocycles. The summed E-state index contributed by atoms with van der Waals surface area (Å²) in [5.74, 6) is 0. The SMILES string of the molecule is C[C@]1(O)N[C@H](CO)C[C@@H](O)[C@@H]1O. The lowest BCUT2D eigenvalue weighted by molar-refractivity contribution is -0.166. The van der Waals surface area contributed by atoms with Crippen molar-refractivity contribution in [2.45, 2.75) is 37.3 Å². The first kappa shape index (κ1) is 9.88. The molecule has 5 N–H and O–H groups in total. The van der Waals surface area contributed by atoms with Gasteiger partial charge in [-0.1, -0.05) is 0 Å². The molecule has 12 heavy (non-hydrogen) atoms. The summed E-state index contributed by atoms with van der Waals surface area (Å²) in [6, 6.07) is -0.363. The molecule has 0 aliphatic carbocycles. The maximum absolute atomic E-state index is 9.48. The summed E-state index contributed by atoms with van der Waals surface area (Å²) in [4.78, 5) is 0. The zero-order valence-corrected chi connectivity index (χ0v) is 6.94. The Bertz CT molecular complexity index is 161. The van der Waals surface area contributed by atoms with Gasteiger partial charge in [-0.2, -0.15) is 0 Å². The molecular formula is C7H15NO4. The lowest BCUT2D eigenvalue weighted by Crippen LogP contribution is -2.65. The van der Waals surface area contributed by atoms with Gasteiger partial charge in [0, 0.05) is 6.04 Å². The van der Waals surface area contributed by atoms with E-state index in [1.54, 1.807) is 0 Å². The van der Waals surface area contributed by atoms with E-state index < -0.39 is 17.9 Å². The van der Waals surface area contributed by atoms with Crippen LogP contribution in [0.1, 0.15) is 13.3 Å². The third kappa shape index (κ3) is 1.75. The summed E-state index contributed by atoms with van der Waals surface area (Å²) in [6.07, 6.45) is -1.95. The summed E-state index contributed by atoms with van der Waals surface area (Å²) in [6.45, 7) is 1.20. The second-order valence-corrected chi connectivity index (χ2v) is 3.42. The van der Waals surface area contributed by atoms with Crippen LogP contribution in [0.25, 0.3) is 0 Å². The van der Waals surface area contributed by atoms with Crippen LogP contribution >= 0.6 is 0 Å². The molecule has 1 fully saturated rings. The molecule has 5 heteroatoms. The van der Waals surface area contributed by atoms with Crippen LogP contribution in [0, 0.1) is 0 Å². The van der Waals surface area contributed by atoms with Crippen molar-refractivity contribution in [2.75, 3.05) is 6.61 Å². The smallest absolute Gasteiger partial charge is 0.142 e. The van der Waals surface area contributed by atoms with E-state index in [1.807, 2.05) is 0 Å². The summed E-state index contributed by atoms with van der Waals surface area (Å²) in [5.41, 5.74) is -1.52. The van der Waals surface area contributed by atoms with Gasteiger partial charge in [0.05, 0.1) is 12.7 Å². The molecule has 0 aromatic rings. The van der Waals surface area contributed by atoms with Crippen LogP contribution in [0.3, 0.4) is 0 Å². The first-order valence-corrected chi connectivity index (χ1v) is 3.94. The van der Waals surface area contributed by atoms with Gasteiger partial charge in [-0.3, -0.25) is 5.32 Å². The summed E-state index contributed by atoms with van der Waals surface area (Å²) in [5, 5.41) is 39.4. The van der Waals surface area contributed by atoms with E-state index in [9.17, 15) is 15.3 Å². The Balaban J connectivity index is 2.65. The predicted octanol–water partition coefficient (Wildman–Crippen LogP) is -2.23. The average Bonchev–Trinajstić information content (AvgIpc) is 1.99. The van der Waals surface area contributed by atoms with Gasteiger partial charge in [-0.15, -0.1) is 0 Å². The number of hydrogen-bond donors (Lipinski definition) is 5. The second kappa shape index (κ2) is 3.27. The lowest BCUT2D eigenvalue weighted by Gasteiger charge is -2.41. The molecule has 1 heterocycles. The van der Waals surface area contributed by atoms with Gasteiger partial charge in [-0.25, -0.2) is 0 Å². The van der Waals surface area contributed by atoms with Crippen molar-refractivity contribution < 1.29 is 20.4 Å². The fraction of sp³-hybridized carbons (Fsp3) is 1.00. The zero-order chi connectivity index (χ0) is 9.35. The highest BCUT2D eigenvalue weighted by atomic mass is 16.4. The van der Waals surface area contributed by atoms with Gasteiger partial charge in [0.15, 0.2) is 0 Å². The molecule has 0 bridgehead atoms. The Morgan fingerprint density at radius 3 is 2.50 bits per heavy atom. The number of aliphatic hydroxyl groups is 4. The van der Waals surface area contributed by atoms with Crippen molar-refractivity contribution in [1.82, 2.24) is 5.32 Å². The van der Waals surface area contributed by atoms with E-state index in [2.05, 4.69) is 5.32 Å². The van der Waals surface area contributed by atoms with Crippen molar-refractivity contribution in [2.24, 2.45) is 0 Å². The van der Waals surface area contributed by atoms with Crippen LogP contribution in [0.2, 0.25) is 0 Å². The minimum atomic E-state index is -1.52. The average molecular weight is 177 g/mol. The van der Waals surface area contributed by atoms with Crippen molar-refractivity contribution in [3.8, 4) is 0 Å². The normalized spacial score (nSPS) is 49.2. The number of piperidine rings is 1. The highest BCUT2D eigenvalue weighted by Gasteiger charge is 2.42. The number of rotatable bonds is 1. The van der Waals surface area contributed by atoms with Gasteiger partial charge in [0.25, 0.3) is 0 Å². The Labute approximate surface area is 70.6 Å². The highest BCUT2D eigenvalue weighted by Crippen LogP contribution is 2.20. The van der Waals surface area contributed by atoms with Gasteiger partial charge >= 0.3 is 0 Å². The van der Waals surface area contributed by atoms with Gasteiger partial charge in [0.2, 0.25) is 0 Å². The van der Waals surface area contributed by atoms with Crippen molar-refractivity contribution in [1.29, 1.82) is 0 Å². The third-order valence-electron chi connectivity index (χ3n) is 2.18. The molecule has 0 amide bonds. The molecule has 1 aliphatic rings. The molecule has 72 valence electrons. The minimum Gasteiger partial charge on any atom is -0.395 e. The van der Waals surface area contributed by atoms with Crippen LogP contribution in [0.5, 0.6) is 0 Å². The minimum absolute atomic E-state index is 0.167. The molecule has 4 atom stereocenters. The van der Waals surface area contributed by atoms with Crippen molar-refractivity contribution in [3.63, 3.8) is 0 Å². The fourth-order valence-corrected chi connectivity index (χ4v) is 1.47. The number of hydrogen-bond acceptors (Lipinski definition) is 5. The standard InChI is InChI=1S/C7H15NO4/c1-7(12)6(11)5(10)2-4(3-9)8-7/h4-6,8-12H,2-3H2,1H3/t4-,5+,6-,7+/m0/s1. The third-order valence-corrected chi connectivity index (χ3v) is 2.18. The Morgan fingerprint density at radius 1 is 1.50 bits per heavy atom. The van der Waals surface area contributed by atoms with E-state index in [4.69, 9.17) is 5.11 Å². The Kier molecular flexibility index (Phi) is 2.70. The first-order chi connectivity index (χ1) is 5.47. The van der Waals surface area contributed by atoms with Crippen LogP contribution < -0.4 is 5.32 Å². The van der Waals surface area contributed by atoms with Crippen LogP contribution in [-0.2, 0) is 0 Å². The summed E-state index contributed by atoms with van der Waals surface area (Å²) < 4.78 is 0. The molecule has 0 radical (unpaired) electrons. The molecule has 0 aromatic heterocycles. The second-order valence-electron chi connectivity index (χ2n) is 3.42. The van der Waals surface area contributed by atoms with Gasteiger partial charge < -0.3 is 20.4 Å². The van der Waals surface area contributed by atoms with Crippen LogP contribution in [0.4, 0.5) is 0 Å². The zero-order valence-electron chi connectivity index (χ0n) is 6.94. The van der Waals surface area contributed by atoms with E-state index >= 15 is 0 Å². The van der Waals surface area contributed by atoms with Crippen LogP contribution in [0.15, 0.2) is 0 Å². The molecule has 1 saturated heterocycles. The first-order valence-electron chi connectivity index (χ1n) is 3.94. The van der Waals surface area contributed by atoms with Gasteiger partial charge in [0.1, 0.15) is 11.8 Å². The summed E-state index contributed by atoms with van der Waals surface area (Å²) in [7, 11) is 0. The quantitative estimate of drug-likeness (QED) is 0.312. The highest BCUT2D eigenvalue weighted by molar-refractivity contribution is 4.94. The van der Waals surface area contributed by atoms with Gasteiger partial charge in [-0.05, 0) is 13.3 Å². The Hall–Kier alpha value is -0.200. The van der Waals surface area contributed by atoms with Crippen LogP contribution in [-0.4, -0.2) is 51.0 Å². The van der Waals surface area contributed by atoms with E-state index in [0.29, 0.717) is 0 Å². The number of aliphatic hydroxyl groups excluding tert-OH is 3. The fourth-order valence-electron chi connectivity index (χ4n) is 1.47. The molecule has 1 aliphatic heterocycles. The van der Waals surface area contributed by atoms with E-state index in [-0.39, 0.29) is 19.1 Å². The molecule has 0 saturated carbocycles. The molecule has 0 spiro atoms. The molecule has 1 rings (SSSR count). The van der Waals surface area contributed by atoms with E-state index in [0.717, 1.165) is 0 Å². The molecule has 5 nitrogen and oxygen atoms in total. The summed E-state index contributed by atoms with van der Waals surface area (Å²) >= 11 is 0. The molecular weight excluding hydrogens is 162 g/mol. The largest absolute Gasteiger partial charge is 0.395 e. The maximum Gasteiger partial charge on any atom is 0.142 e. The van der Waals surface area contributed by atoms with Crippen molar-refractivity contribution in [3.05, 3.63) is 0 Å². The lowest BCUT2D eigenvalue weighted by atomic mass is 9.91. The topological polar surface area (TPSA) is 93.0 Å². The Morgan fingerprint density at radius 2 is 2.08 bits per heavy atom. The predicted molar refractivity (Wildman–Crippen MR) is 41.3 cm³/mol. The number of nitrogens with one attached hydrogen (secondary N) is 1. The van der Waals surface area contributed by atoms with E-state index in [1.165, 1.54) is 6.92 Å². The molecule has 0 unspecified atom stereocenters. The van der Waals surface area contributed by atoms with Crippen molar-refractivity contribution >= 4 is 0 Å². The monoisotopic (exact) mass is 177 g/mol. The maximum atomic E-state index is 9.48.